The number of carboxylic acids is 1. The lowest BCUT2D eigenvalue weighted by atomic mass is 10.0. The topological polar surface area (TPSA) is 116 Å². The van der Waals surface area contributed by atoms with Gasteiger partial charge in [0.05, 0.1) is 6.54 Å². The molecule has 1 atom stereocenters. The van der Waals surface area contributed by atoms with Gasteiger partial charge >= 0.3 is 12.1 Å². The number of aromatic nitrogens is 2. The van der Waals surface area contributed by atoms with Gasteiger partial charge in [0.1, 0.15) is 11.9 Å². The Bertz CT molecular complexity index is 1140. The molecule has 0 spiro atoms. The van der Waals surface area contributed by atoms with Crippen LogP contribution in [0.15, 0.2) is 53.9 Å². The predicted octanol–water partition coefficient (Wildman–Crippen LogP) is 5.28. The molecule has 0 bridgehead atoms. The van der Waals surface area contributed by atoms with E-state index in [1.54, 1.807) is 11.3 Å². The number of carbonyl (C=O) groups excluding carboxylic acids is 1. The maximum atomic E-state index is 12.8. The van der Waals surface area contributed by atoms with Gasteiger partial charge in [0.2, 0.25) is 11.9 Å². The summed E-state index contributed by atoms with van der Waals surface area (Å²) in [6.07, 6.45) is -3.47. The van der Waals surface area contributed by atoms with Gasteiger partial charge in [0.15, 0.2) is 0 Å². The number of halogens is 3. The minimum Gasteiger partial charge on any atom is -0.475 e. The van der Waals surface area contributed by atoms with Crippen molar-refractivity contribution in [2.75, 3.05) is 17.2 Å². The van der Waals surface area contributed by atoms with Crippen LogP contribution >= 0.6 is 11.3 Å². The molecule has 0 aliphatic rings. The van der Waals surface area contributed by atoms with E-state index in [-0.39, 0.29) is 11.9 Å². The van der Waals surface area contributed by atoms with Crippen LogP contribution < -0.4 is 16.0 Å². The lowest BCUT2D eigenvalue weighted by Gasteiger charge is -2.21. The summed E-state index contributed by atoms with van der Waals surface area (Å²) >= 11 is 1.64. The molecule has 0 radical (unpaired) electrons. The van der Waals surface area contributed by atoms with Gasteiger partial charge in [0, 0.05) is 23.2 Å². The minimum absolute atomic E-state index is 0.0167. The highest BCUT2D eigenvalue weighted by atomic mass is 32.1. The average Bonchev–Trinajstić information content (AvgIpc) is 3.36. The highest BCUT2D eigenvalue weighted by Crippen LogP contribution is 2.16. The van der Waals surface area contributed by atoms with Crippen molar-refractivity contribution in [1.29, 1.82) is 0 Å². The van der Waals surface area contributed by atoms with Gasteiger partial charge in [-0.1, -0.05) is 50.2 Å². The number of anilines is 2. The summed E-state index contributed by atoms with van der Waals surface area (Å²) < 4.78 is 31.7. The van der Waals surface area contributed by atoms with Crippen molar-refractivity contribution in [3.05, 3.63) is 70.0 Å². The molecule has 0 saturated heterocycles. The molecular weight excluding hydrogens is 519 g/mol. The van der Waals surface area contributed by atoms with Crippen LogP contribution in [0.2, 0.25) is 0 Å². The number of amides is 1. The van der Waals surface area contributed by atoms with Crippen LogP contribution in [0.5, 0.6) is 0 Å². The summed E-state index contributed by atoms with van der Waals surface area (Å²) in [5, 5.41) is 18.8. The highest BCUT2D eigenvalue weighted by Gasteiger charge is 2.38. The number of aliphatic carboxylic acids is 1. The third-order valence-corrected chi connectivity index (χ3v) is 5.88. The smallest absolute Gasteiger partial charge is 0.475 e. The molecular formula is C26H32F3N5O3S. The number of thiophene rings is 1. The molecule has 2 aromatic heterocycles. The summed E-state index contributed by atoms with van der Waals surface area (Å²) in [4.78, 5) is 32.0. The molecule has 8 nitrogen and oxygen atoms in total. The fourth-order valence-corrected chi connectivity index (χ4v) is 3.92. The van der Waals surface area contributed by atoms with Gasteiger partial charge in [-0.3, -0.25) is 4.79 Å². The molecule has 3 rings (SSSR count). The molecule has 12 heteroatoms. The monoisotopic (exact) mass is 551 g/mol. The second kappa shape index (κ2) is 14.9. The van der Waals surface area contributed by atoms with E-state index in [2.05, 4.69) is 51.9 Å². The maximum Gasteiger partial charge on any atom is 0.490 e. The SMILES string of the molecule is Cc1cc(N[C@@H](CC(C)C)C(=O)NCc2cccs2)nc(NCCc2ccccc2)n1.O=C(O)C(F)(F)F. The zero-order valence-corrected chi connectivity index (χ0v) is 22.2. The Morgan fingerprint density at radius 3 is 2.34 bits per heavy atom. The molecule has 0 aliphatic carbocycles. The van der Waals surface area contributed by atoms with Crippen LogP contribution in [0.3, 0.4) is 0 Å². The first-order chi connectivity index (χ1) is 17.9. The Hall–Kier alpha value is -3.67. The van der Waals surface area contributed by atoms with Crippen molar-refractivity contribution >= 4 is 35.0 Å². The van der Waals surface area contributed by atoms with E-state index in [9.17, 15) is 18.0 Å². The Kier molecular flexibility index (Phi) is 12.0. The molecule has 38 heavy (non-hydrogen) atoms. The number of nitrogens with zero attached hydrogens (tertiary/aromatic N) is 2. The lowest BCUT2D eigenvalue weighted by molar-refractivity contribution is -0.192. The first-order valence-corrected chi connectivity index (χ1v) is 12.8. The van der Waals surface area contributed by atoms with Crippen LogP contribution in [0, 0.1) is 12.8 Å². The number of carbonyl (C=O) groups is 2. The van der Waals surface area contributed by atoms with Crippen molar-refractivity contribution in [3.8, 4) is 0 Å². The zero-order chi connectivity index (χ0) is 28.1. The molecule has 1 aromatic carbocycles. The van der Waals surface area contributed by atoms with Crippen molar-refractivity contribution in [2.45, 2.75) is 52.4 Å². The van der Waals surface area contributed by atoms with Crippen LogP contribution in [0.25, 0.3) is 0 Å². The van der Waals surface area contributed by atoms with Crippen molar-refractivity contribution < 1.29 is 27.9 Å². The Morgan fingerprint density at radius 1 is 1.08 bits per heavy atom. The van der Waals surface area contributed by atoms with E-state index in [4.69, 9.17) is 9.90 Å². The number of carboxylic acid groups (broad SMARTS) is 1. The van der Waals surface area contributed by atoms with Crippen molar-refractivity contribution in [3.63, 3.8) is 0 Å². The van der Waals surface area contributed by atoms with Crippen LogP contribution in [-0.2, 0) is 22.6 Å². The van der Waals surface area contributed by atoms with Gasteiger partial charge in [-0.25, -0.2) is 9.78 Å². The second-order valence-electron chi connectivity index (χ2n) is 8.81. The van der Waals surface area contributed by atoms with Crippen LogP contribution in [0.4, 0.5) is 24.9 Å². The summed E-state index contributed by atoms with van der Waals surface area (Å²) in [5.74, 6) is -1.17. The van der Waals surface area contributed by atoms with E-state index in [1.807, 2.05) is 48.7 Å². The van der Waals surface area contributed by atoms with E-state index in [0.29, 0.717) is 24.2 Å². The summed E-state index contributed by atoms with van der Waals surface area (Å²) in [6, 6.07) is 15.9. The number of benzene rings is 1. The number of hydrogen-bond donors (Lipinski definition) is 4. The quantitative estimate of drug-likeness (QED) is 0.256. The fourth-order valence-electron chi connectivity index (χ4n) is 3.28. The summed E-state index contributed by atoms with van der Waals surface area (Å²) in [5.41, 5.74) is 2.11. The van der Waals surface area contributed by atoms with Crippen molar-refractivity contribution in [2.24, 2.45) is 5.92 Å². The standard InChI is InChI=1S/C24H31N5OS.C2HF3O2/c1-17(2)14-21(23(30)26-16-20-10-7-13-31-20)28-22-15-18(3)27-24(29-22)25-12-11-19-8-5-4-6-9-19;3-2(4,5)1(6)7/h4-10,13,15,17,21H,11-12,14,16H2,1-3H3,(H,26,30)(H2,25,27,28,29);(H,6,7)/t21-;/m0./s1. The number of alkyl halides is 3. The zero-order valence-electron chi connectivity index (χ0n) is 21.4. The molecule has 0 fully saturated rings. The van der Waals surface area contributed by atoms with Gasteiger partial charge in [-0.05, 0) is 42.7 Å². The Balaban J connectivity index is 0.000000638. The molecule has 1 amide bonds. The third kappa shape index (κ3) is 11.6. The van der Waals surface area contributed by atoms with Gasteiger partial charge in [-0.2, -0.15) is 18.2 Å². The molecule has 0 unspecified atom stereocenters. The first kappa shape index (κ1) is 30.6. The number of aryl methyl sites for hydroxylation is 1. The van der Waals surface area contributed by atoms with Gasteiger partial charge in [0.25, 0.3) is 0 Å². The fraction of sp³-hybridized carbons (Fsp3) is 0.385. The summed E-state index contributed by atoms with van der Waals surface area (Å²) in [6.45, 7) is 7.45. The third-order valence-electron chi connectivity index (χ3n) is 5.00. The maximum absolute atomic E-state index is 12.8. The molecule has 206 valence electrons. The molecule has 3 aromatic rings. The number of nitrogens with one attached hydrogen (secondary N) is 3. The molecule has 4 N–H and O–H groups in total. The summed E-state index contributed by atoms with van der Waals surface area (Å²) in [7, 11) is 0. The van der Waals surface area contributed by atoms with E-state index >= 15 is 0 Å². The second-order valence-corrected chi connectivity index (χ2v) is 9.84. The highest BCUT2D eigenvalue weighted by molar-refractivity contribution is 7.09. The molecule has 2 heterocycles. The predicted molar refractivity (Wildman–Crippen MR) is 142 cm³/mol. The van der Waals surface area contributed by atoms with Crippen LogP contribution in [0.1, 0.15) is 36.4 Å². The van der Waals surface area contributed by atoms with E-state index < -0.39 is 12.1 Å². The van der Waals surface area contributed by atoms with Gasteiger partial charge < -0.3 is 21.1 Å². The van der Waals surface area contributed by atoms with E-state index in [1.165, 1.54) is 5.56 Å². The van der Waals surface area contributed by atoms with Gasteiger partial charge in [-0.15, -0.1) is 11.3 Å². The Labute approximate surface area is 223 Å². The normalized spacial score (nSPS) is 11.8. The minimum atomic E-state index is -5.08. The molecule has 0 saturated carbocycles. The van der Waals surface area contributed by atoms with E-state index in [0.717, 1.165) is 30.0 Å². The Morgan fingerprint density at radius 2 is 1.76 bits per heavy atom. The number of rotatable bonds is 11. The van der Waals surface area contributed by atoms with Crippen molar-refractivity contribution in [1.82, 2.24) is 15.3 Å². The number of hydrogen-bond acceptors (Lipinski definition) is 7. The lowest BCUT2D eigenvalue weighted by Crippen LogP contribution is -2.40. The largest absolute Gasteiger partial charge is 0.490 e. The average molecular weight is 552 g/mol. The molecule has 0 aliphatic heterocycles. The van der Waals surface area contributed by atoms with Crippen LogP contribution in [-0.4, -0.2) is 45.7 Å². The first-order valence-electron chi connectivity index (χ1n) is 11.9.